The first-order valence-corrected chi connectivity index (χ1v) is 7.98. The number of aliphatic hydroxyl groups is 1. The van der Waals surface area contributed by atoms with Crippen LogP contribution in [0.15, 0.2) is 18.3 Å². The molecule has 0 aliphatic heterocycles. The molecule has 0 spiro atoms. The largest absolute Gasteiger partial charge is 0.395 e. The van der Waals surface area contributed by atoms with Gasteiger partial charge in [-0.1, -0.05) is 19.9 Å². The van der Waals surface area contributed by atoms with Gasteiger partial charge in [-0.05, 0) is 45.2 Å². The fraction of sp³-hybridized carbons (Fsp3) is 0.706. The molecule has 0 radical (unpaired) electrons. The third kappa shape index (κ3) is 6.02. The molecule has 1 rings (SSSR count). The lowest BCUT2D eigenvalue weighted by atomic mass is 10.1. The highest BCUT2D eigenvalue weighted by molar-refractivity contribution is 5.40. The molecule has 0 saturated carbocycles. The minimum Gasteiger partial charge on any atom is -0.395 e. The highest BCUT2D eigenvalue weighted by Crippen LogP contribution is 2.18. The zero-order valence-corrected chi connectivity index (χ0v) is 14.2. The highest BCUT2D eigenvalue weighted by Gasteiger charge is 2.16. The number of hydrogen-bond donors (Lipinski definition) is 2. The molecule has 1 aromatic heterocycles. The standard InChI is InChI=1S/C17H31N3O/c1-6-15(7-2)20(10-11-21)16-9-8-14(12-18-16)13-19-17(3,4)5/h8-9,12,15,19,21H,6-7,10-11,13H2,1-5H3. The summed E-state index contributed by atoms with van der Waals surface area (Å²) >= 11 is 0. The van der Waals surface area contributed by atoms with E-state index >= 15 is 0 Å². The second kappa shape index (κ2) is 8.35. The van der Waals surface area contributed by atoms with Crippen molar-refractivity contribution in [2.75, 3.05) is 18.1 Å². The molecule has 4 heteroatoms. The van der Waals surface area contributed by atoms with E-state index in [1.165, 1.54) is 5.56 Å². The van der Waals surface area contributed by atoms with Gasteiger partial charge in [-0.2, -0.15) is 0 Å². The van der Waals surface area contributed by atoms with Crippen LogP contribution in [-0.2, 0) is 6.54 Å². The maximum absolute atomic E-state index is 9.29. The number of hydrogen-bond acceptors (Lipinski definition) is 4. The van der Waals surface area contributed by atoms with Crippen LogP contribution >= 0.6 is 0 Å². The summed E-state index contributed by atoms with van der Waals surface area (Å²) in [5.41, 5.74) is 1.29. The monoisotopic (exact) mass is 293 g/mol. The van der Waals surface area contributed by atoms with Crippen molar-refractivity contribution in [1.29, 1.82) is 0 Å². The van der Waals surface area contributed by atoms with E-state index in [2.05, 4.69) is 62.0 Å². The van der Waals surface area contributed by atoms with E-state index in [1.807, 2.05) is 6.20 Å². The van der Waals surface area contributed by atoms with Crippen molar-refractivity contribution in [3.05, 3.63) is 23.9 Å². The first-order valence-electron chi connectivity index (χ1n) is 7.98. The van der Waals surface area contributed by atoms with Crippen LogP contribution in [0.5, 0.6) is 0 Å². The van der Waals surface area contributed by atoms with Crippen LogP contribution in [0.4, 0.5) is 5.82 Å². The van der Waals surface area contributed by atoms with Crippen LogP contribution in [0.3, 0.4) is 0 Å². The van der Waals surface area contributed by atoms with Crippen LogP contribution < -0.4 is 10.2 Å². The summed E-state index contributed by atoms with van der Waals surface area (Å²) in [6.07, 6.45) is 4.05. The van der Waals surface area contributed by atoms with Crippen molar-refractivity contribution < 1.29 is 5.11 Å². The van der Waals surface area contributed by atoms with Gasteiger partial charge in [-0.25, -0.2) is 4.98 Å². The highest BCUT2D eigenvalue weighted by atomic mass is 16.3. The number of nitrogens with zero attached hydrogens (tertiary/aromatic N) is 2. The van der Waals surface area contributed by atoms with Gasteiger partial charge >= 0.3 is 0 Å². The molecule has 0 atom stereocenters. The molecule has 4 nitrogen and oxygen atoms in total. The third-order valence-corrected chi connectivity index (χ3v) is 3.65. The number of pyridine rings is 1. The van der Waals surface area contributed by atoms with E-state index in [0.29, 0.717) is 12.6 Å². The molecule has 1 heterocycles. The van der Waals surface area contributed by atoms with Crippen molar-refractivity contribution in [1.82, 2.24) is 10.3 Å². The average molecular weight is 293 g/mol. The Morgan fingerprint density at radius 1 is 1.24 bits per heavy atom. The topological polar surface area (TPSA) is 48.4 Å². The molecule has 0 unspecified atom stereocenters. The maximum Gasteiger partial charge on any atom is 0.128 e. The molecule has 0 aliphatic carbocycles. The van der Waals surface area contributed by atoms with Crippen molar-refractivity contribution in [2.24, 2.45) is 0 Å². The predicted molar refractivity (Wildman–Crippen MR) is 89.6 cm³/mol. The van der Waals surface area contributed by atoms with Gasteiger partial charge in [0.2, 0.25) is 0 Å². The molecular formula is C17H31N3O. The van der Waals surface area contributed by atoms with Crippen molar-refractivity contribution >= 4 is 5.82 Å². The Morgan fingerprint density at radius 3 is 2.33 bits per heavy atom. The minimum absolute atomic E-state index is 0.108. The first kappa shape index (κ1) is 17.9. The summed E-state index contributed by atoms with van der Waals surface area (Å²) in [4.78, 5) is 6.80. The Hall–Kier alpha value is -1.13. The minimum atomic E-state index is 0.108. The molecule has 0 fully saturated rings. The lowest BCUT2D eigenvalue weighted by Gasteiger charge is -2.31. The zero-order valence-electron chi connectivity index (χ0n) is 14.2. The molecule has 21 heavy (non-hydrogen) atoms. The molecule has 0 aliphatic rings. The number of aliphatic hydroxyl groups excluding tert-OH is 1. The quantitative estimate of drug-likeness (QED) is 0.773. The third-order valence-electron chi connectivity index (χ3n) is 3.65. The summed E-state index contributed by atoms with van der Waals surface area (Å²) in [6, 6.07) is 4.62. The van der Waals surface area contributed by atoms with Crippen LogP contribution in [-0.4, -0.2) is 34.8 Å². The fourth-order valence-corrected chi connectivity index (χ4v) is 2.38. The van der Waals surface area contributed by atoms with Gasteiger partial charge in [0.1, 0.15) is 5.82 Å². The van der Waals surface area contributed by atoms with Crippen molar-refractivity contribution in [3.8, 4) is 0 Å². The van der Waals surface area contributed by atoms with Gasteiger partial charge in [0, 0.05) is 30.9 Å². The van der Waals surface area contributed by atoms with E-state index in [1.54, 1.807) is 0 Å². The molecule has 120 valence electrons. The predicted octanol–water partition coefficient (Wildman–Crippen LogP) is 2.96. The van der Waals surface area contributed by atoms with Crippen LogP contribution in [0.1, 0.15) is 53.0 Å². The van der Waals surface area contributed by atoms with E-state index < -0.39 is 0 Å². The number of aromatic nitrogens is 1. The Balaban J connectivity index is 2.77. The van der Waals surface area contributed by atoms with E-state index in [-0.39, 0.29) is 12.1 Å². The van der Waals surface area contributed by atoms with Gasteiger partial charge in [0.05, 0.1) is 6.61 Å². The number of rotatable bonds is 8. The Labute approximate surface area is 129 Å². The van der Waals surface area contributed by atoms with Gasteiger partial charge in [0.15, 0.2) is 0 Å². The van der Waals surface area contributed by atoms with Crippen molar-refractivity contribution in [3.63, 3.8) is 0 Å². The Kier molecular flexibility index (Phi) is 7.12. The lowest BCUT2D eigenvalue weighted by molar-refractivity contribution is 0.295. The maximum atomic E-state index is 9.29. The number of anilines is 1. The summed E-state index contributed by atoms with van der Waals surface area (Å²) < 4.78 is 0. The Bertz CT molecular complexity index is 393. The molecule has 1 aromatic rings. The normalized spacial score (nSPS) is 12.0. The summed E-state index contributed by atoms with van der Waals surface area (Å²) in [5.74, 6) is 0.956. The van der Waals surface area contributed by atoms with Crippen LogP contribution in [0, 0.1) is 0 Å². The second-order valence-corrected chi connectivity index (χ2v) is 6.52. The lowest BCUT2D eigenvalue weighted by Crippen LogP contribution is -2.37. The fourth-order valence-electron chi connectivity index (χ4n) is 2.38. The van der Waals surface area contributed by atoms with Crippen molar-refractivity contribution in [2.45, 2.75) is 65.6 Å². The molecule has 2 N–H and O–H groups in total. The van der Waals surface area contributed by atoms with Gasteiger partial charge in [-0.3, -0.25) is 0 Å². The average Bonchev–Trinajstić information content (AvgIpc) is 2.45. The van der Waals surface area contributed by atoms with Crippen LogP contribution in [0.2, 0.25) is 0 Å². The van der Waals surface area contributed by atoms with Gasteiger partial charge in [0.25, 0.3) is 0 Å². The van der Waals surface area contributed by atoms with Gasteiger partial charge in [-0.15, -0.1) is 0 Å². The molecule has 0 amide bonds. The molecule has 0 saturated heterocycles. The number of nitrogens with one attached hydrogen (secondary N) is 1. The molecular weight excluding hydrogens is 262 g/mol. The Morgan fingerprint density at radius 2 is 1.90 bits per heavy atom. The van der Waals surface area contributed by atoms with Gasteiger partial charge < -0.3 is 15.3 Å². The second-order valence-electron chi connectivity index (χ2n) is 6.52. The summed E-state index contributed by atoms with van der Waals surface area (Å²) in [7, 11) is 0. The van der Waals surface area contributed by atoms with E-state index in [0.717, 1.165) is 25.2 Å². The molecule has 0 aromatic carbocycles. The summed E-state index contributed by atoms with van der Waals surface area (Å²) in [5, 5.41) is 12.8. The van der Waals surface area contributed by atoms with E-state index in [9.17, 15) is 5.11 Å². The zero-order chi connectivity index (χ0) is 15.9. The smallest absolute Gasteiger partial charge is 0.128 e. The molecule has 0 bridgehead atoms. The first-order chi connectivity index (χ1) is 9.91. The SMILES string of the molecule is CCC(CC)N(CCO)c1ccc(CNC(C)(C)C)cn1. The van der Waals surface area contributed by atoms with Crippen LogP contribution in [0.25, 0.3) is 0 Å². The van der Waals surface area contributed by atoms with E-state index in [4.69, 9.17) is 0 Å². The summed E-state index contributed by atoms with van der Waals surface area (Å²) in [6.45, 7) is 12.5.